The van der Waals surface area contributed by atoms with Gasteiger partial charge in [0.25, 0.3) is 11.6 Å². The van der Waals surface area contributed by atoms with Crippen LogP contribution in [0.3, 0.4) is 0 Å². The van der Waals surface area contributed by atoms with Gasteiger partial charge in [0.05, 0.1) is 4.92 Å². The zero-order valence-electron chi connectivity index (χ0n) is 13.2. The van der Waals surface area contributed by atoms with Gasteiger partial charge in [-0.3, -0.25) is 19.8 Å². The van der Waals surface area contributed by atoms with Crippen molar-refractivity contribution in [2.75, 3.05) is 13.1 Å². The lowest BCUT2D eigenvalue weighted by molar-refractivity contribution is -0.384. The van der Waals surface area contributed by atoms with Crippen LogP contribution in [0.1, 0.15) is 48.9 Å². The number of nitrogens with zero attached hydrogens (tertiary/aromatic N) is 2. The van der Waals surface area contributed by atoms with Crippen molar-refractivity contribution >= 4 is 11.6 Å². The van der Waals surface area contributed by atoms with Crippen molar-refractivity contribution in [3.8, 4) is 0 Å². The van der Waals surface area contributed by atoms with E-state index in [-0.39, 0.29) is 17.6 Å². The summed E-state index contributed by atoms with van der Waals surface area (Å²) in [7, 11) is 0. The fourth-order valence-corrected chi connectivity index (χ4v) is 3.69. The Bertz CT molecular complexity index is 567. The van der Waals surface area contributed by atoms with Gasteiger partial charge in [-0.15, -0.1) is 0 Å². The molecule has 1 saturated carbocycles. The van der Waals surface area contributed by atoms with E-state index >= 15 is 0 Å². The molecule has 1 saturated heterocycles. The summed E-state index contributed by atoms with van der Waals surface area (Å²) in [5, 5.41) is 13.7. The molecule has 0 radical (unpaired) electrons. The highest BCUT2D eigenvalue weighted by Crippen LogP contribution is 2.25. The molecule has 1 unspecified atom stereocenters. The van der Waals surface area contributed by atoms with E-state index in [4.69, 9.17) is 0 Å². The smallest absolute Gasteiger partial charge is 0.269 e. The summed E-state index contributed by atoms with van der Waals surface area (Å²) >= 11 is 0. The van der Waals surface area contributed by atoms with E-state index in [2.05, 4.69) is 10.2 Å². The lowest BCUT2D eigenvalue weighted by Gasteiger charge is -2.31. The van der Waals surface area contributed by atoms with Gasteiger partial charge in [0.15, 0.2) is 0 Å². The number of amides is 1. The molecule has 0 aromatic heterocycles. The second kappa shape index (κ2) is 7.08. The van der Waals surface area contributed by atoms with Gasteiger partial charge in [-0.1, -0.05) is 19.3 Å². The molecule has 1 amide bonds. The van der Waals surface area contributed by atoms with Gasteiger partial charge in [0, 0.05) is 42.9 Å². The maximum Gasteiger partial charge on any atom is 0.269 e. The quantitative estimate of drug-likeness (QED) is 0.684. The van der Waals surface area contributed by atoms with Gasteiger partial charge < -0.3 is 5.32 Å². The summed E-state index contributed by atoms with van der Waals surface area (Å²) in [6, 6.07) is 6.64. The number of nitrogens with one attached hydrogen (secondary N) is 1. The Morgan fingerprint density at radius 1 is 1.13 bits per heavy atom. The largest absolute Gasteiger partial charge is 0.348 e. The molecule has 0 spiro atoms. The fourth-order valence-electron chi connectivity index (χ4n) is 3.69. The molecule has 124 valence electrons. The van der Waals surface area contributed by atoms with Gasteiger partial charge in [-0.05, 0) is 31.4 Å². The number of carbonyl (C=O) groups excluding carboxylic acids is 1. The van der Waals surface area contributed by atoms with E-state index in [1.807, 2.05) is 0 Å². The van der Waals surface area contributed by atoms with E-state index in [1.54, 1.807) is 0 Å². The average molecular weight is 317 g/mol. The Morgan fingerprint density at radius 2 is 1.83 bits per heavy atom. The molecule has 1 aliphatic carbocycles. The third kappa shape index (κ3) is 3.88. The molecule has 23 heavy (non-hydrogen) atoms. The Kier molecular flexibility index (Phi) is 4.91. The van der Waals surface area contributed by atoms with Crippen molar-refractivity contribution in [1.29, 1.82) is 0 Å². The molecule has 1 aliphatic heterocycles. The minimum absolute atomic E-state index is 0.00545. The van der Waals surface area contributed by atoms with Crippen molar-refractivity contribution in [2.45, 2.75) is 50.6 Å². The van der Waals surface area contributed by atoms with E-state index < -0.39 is 4.92 Å². The fraction of sp³-hybridized carbons (Fsp3) is 0.588. The maximum atomic E-state index is 12.3. The van der Waals surface area contributed by atoms with Crippen LogP contribution in [0.25, 0.3) is 0 Å². The van der Waals surface area contributed by atoms with Crippen LogP contribution in [0, 0.1) is 10.1 Å². The second-order valence-corrected chi connectivity index (χ2v) is 6.55. The first-order valence-corrected chi connectivity index (χ1v) is 8.43. The molecule has 1 aromatic carbocycles. The summed E-state index contributed by atoms with van der Waals surface area (Å²) in [5.74, 6) is -0.143. The molecule has 2 fully saturated rings. The highest BCUT2D eigenvalue weighted by Gasteiger charge is 2.29. The highest BCUT2D eigenvalue weighted by molar-refractivity contribution is 5.94. The first kappa shape index (κ1) is 15.9. The van der Waals surface area contributed by atoms with Crippen LogP contribution in [0.4, 0.5) is 5.69 Å². The van der Waals surface area contributed by atoms with Crippen LogP contribution in [0.15, 0.2) is 24.3 Å². The predicted octanol–water partition coefficient (Wildman–Crippen LogP) is 2.73. The number of carbonyl (C=O) groups is 1. The molecular weight excluding hydrogens is 294 g/mol. The van der Waals surface area contributed by atoms with Gasteiger partial charge >= 0.3 is 0 Å². The van der Waals surface area contributed by atoms with Crippen LogP contribution in [-0.2, 0) is 0 Å². The van der Waals surface area contributed by atoms with E-state index in [1.165, 1.54) is 56.4 Å². The van der Waals surface area contributed by atoms with Crippen LogP contribution in [0.2, 0.25) is 0 Å². The predicted molar refractivity (Wildman–Crippen MR) is 87.4 cm³/mol. The van der Waals surface area contributed by atoms with Crippen LogP contribution in [-0.4, -0.2) is 40.9 Å². The number of hydrogen-bond donors (Lipinski definition) is 1. The molecule has 3 rings (SSSR count). The van der Waals surface area contributed by atoms with Crippen LogP contribution >= 0.6 is 0 Å². The highest BCUT2D eigenvalue weighted by atomic mass is 16.6. The summed E-state index contributed by atoms with van der Waals surface area (Å²) in [6.07, 6.45) is 7.54. The van der Waals surface area contributed by atoms with Crippen molar-refractivity contribution in [3.05, 3.63) is 39.9 Å². The van der Waals surface area contributed by atoms with Crippen molar-refractivity contribution < 1.29 is 9.72 Å². The minimum atomic E-state index is -0.458. The van der Waals surface area contributed by atoms with Crippen molar-refractivity contribution in [1.82, 2.24) is 10.2 Å². The normalized spacial score (nSPS) is 22.9. The average Bonchev–Trinajstić information content (AvgIpc) is 3.04. The lowest BCUT2D eigenvalue weighted by atomic mass is 9.94. The number of likely N-dealkylation sites (tertiary alicyclic amines) is 1. The van der Waals surface area contributed by atoms with Crippen LogP contribution < -0.4 is 5.32 Å². The molecule has 6 heteroatoms. The van der Waals surface area contributed by atoms with Gasteiger partial charge in [-0.25, -0.2) is 0 Å². The Hall–Kier alpha value is -1.95. The lowest BCUT2D eigenvalue weighted by Crippen LogP contribution is -2.40. The van der Waals surface area contributed by atoms with E-state index in [0.29, 0.717) is 11.6 Å². The summed E-state index contributed by atoms with van der Waals surface area (Å²) in [4.78, 5) is 25.0. The monoisotopic (exact) mass is 317 g/mol. The first-order chi connectivity index (χ1) is 11.1. The third-order valence-electron chi connectivity index (χ3n) is 4.99. The van der Waals surface area contributed by atoms with Gasteiger partial charge in [0.2, 0.25) is 0 Å². The van der Waals surface area contributed by atoms with E-state index in [9.17, 15) is 14.9 Å². The molecule has 1 heterocycles. The van der Waals surface area contributed by atoms with Crippen molar-refractivity contribution in [3.63, 3.8) is 0 Å². The molecular formula is C17H23N3O3. The number of nitro groups is 1. The third-order valence-corrected chi connectivity index (χ3v) is 4.99. The zero-order valence-corrected chi connectivity index (χ0v) is 13.2. The van der Waals surface area contributed by atoms with Crippen LogP contribution in [0.5, 0.6) is 0 Å². The summed E-state index contributed by atoms with van der Waals surface area (Å²) < 4.78 is 0. The Balaban J connectivity index is 1.53. The number of benzene rings is 1. The SMILES string of the molecule is O=C(NC1CCN(C2CCCCC2)C1)c1ccc([N+](=O)[O-])cc1. The second-order valence-electron chi connectivity index (χ2n) is 6.55. The topological polar surface area (TPSA) is 75.5 Å². The minimum Gasteiger partial charge on any atom is -0.348 e. The van der Waals surface area contributed by atoms with Crippen molar-refractivity contribution in [2.24, 2.45) is 0 Å². The summed E-state index contributed by atoms with van der Waals surface area (Å²) in [6.45, 7) is 1.97. The number of rotatable bonds is 4. The molecule has 1 N–H and O–H groups in total. The van der Waals surface area contributed by atoms with Gasteiger partial charge in [-0.2, -0.15) is 0 Å². The Morgan fingerprint density at radius 3 is 2.48 bits per heavy atom. The number of non-ortho nitro benzene ring substituents is 1. The molecule has 1 aromatic rings. The molecule has 1 atom stereocenters. The van der Waals surface area contributed by atoms with E-state index in [0.717, 1.165) is 19.5 Å². The maximum absolute atomic E-state index is 12.3. The standard InChI is InChI=1S/C17H23N3O3/c21-17(13-6-8-16(9-7-13)20(22)23)18-14-10-11-19(12-14)15-4-2-1-3-5-15/h6-9,14-15H,1-5,10-12H2,(H,18,21). The zero-order chi connectivity index (χ0) is 16.2. The summed E-state index contributed by atoms with van der Waals surface area (Å²) in [5.41, 5.74) is 0.484. The number of nitro benzene ring substituents is 1. The molecule has 0 bridgehead atoms. The molecule has 2 aliphatic rings. The number of hydrogen-bond acceptors (Lipinski definition) is 4. The first-order valence-electron chi connectivity index (χ1n) is 8.43. The molecule has 6 nitrogen and oxygen atoms in total. The van der Waals surface area contributed by atoms with Gasteiger partial charge in [0.1, 0.15) is 0 Å². The Labute approximate surface area is 136 Å².